The van der Waals surface area contributed by atoms with Crippen LogP contribution in [-0.4, -0.2) is 30.7 Å². The van der Waals surface area contributed by atoms with E-state index in [1.54, 1.807) is 0 Å². The summed E-state index contributed by atoms with van der Waals surface area (Å²) in [5, 5.41) is 16.1. The van der Waals surface area contributed by atoms with Crippen molar-refractivity contribution < 1.29 is 36.2 Å². The topological polar surface area (TPSA) is 92.4 Å². The van der Waals surface area contributed by atoms with Crippen molar-refractivity contribution in [3.05, 3.63) is 71.7 Å². The van der Waals surface area contributed by atoms with Crippen LogP contribution < -0.4 is 5.32 Å². The van der Waals surface area contributed by atoms with Crippen LogP contribution >= 0.6 is 0 Å². The number of alkyl halides is 6. The molecule has 7 nitrogen and oxygen atoms in total. The lowest BCUT2D eigenvalue weighted by molar-refractivity contribution is -0.138. The molecule has 170 valence electrons. The van der Waals surface area contributed by atoms with Gasteiger partial charge in [-0.15, -0.1) is 0 Å². The van der Waals surface area contributed by atoms with Crippen LogP contribution in [0.4, 0.5) is 38.0 Å². The summed E-state index contributed by atoms with van der Waals surface area (Å²) < 4.78 is 79.3. The number of aromatic carboxylic acids is 1. The lowest BCUT2D eigenvalue weighted by atomic mass is 10.1. The molecule has 0 aliphatic heterocycles. The fourth-order valence-electron chi connectivity index (χ4n) is 3.08. The van der Waals surface area contributed by atoms with Crippen LogP contribution in [0.25, 0.3) is 16.8 Å². The summed E-state index contributed by atoms with van der Waals surface area (Å²) in [7, 11) is 0. The Kier molecular flexibility index (Phi) is 5.18. The van der Waals surface area contributed by atoms with E-state index in [1.807, 2.05) is 0 Å². The summed E-state index contributed by atoms with van der Waals surface area (Å²) in [4.78, 5) is 19.3. The number of rotatable bonds is 4. The van der Waals surface area contributed by atoms with Crippen molar-refractivity contribution >= 4 is 23.1 Å². The van der Waals surface area contributed by atoms with Crippen molar-refractivity contribution in [1.29, 1.82) is 0 Å². The maximum absolute atomic E-state index is 13.4. The van der Waals surface area contributed by atoms with E-state index in [4.69, 9.17) is 0 Å². The Morgan fingerprint density at radius 3 is 2.30 bits per heavy atom. The van der Waals surface area contributed by atoms with Gasteiger partial charge in [-0.2, -0.15) is 36.0 Å². The molecule has 0 radical (unpaired) electrons. The number of carboxylic acid groups (broad SMARTS) is 1. The Bertz CT molecular complexity index is 1350. The van der Waals surface area contributed by atoms with Crippen LogP contribution in [0.2, 0.25) is 0 Å². The van der Waals surface area contributed by atoms with Crippen molar-refractivity contribution in [2.75, 3.05) is 5.32 Å². The smallest absolute Gasteiger partial charge is 0.418 e. The molecule has 13 heteroatoms. The Hall–Kier alpha value is -4.16. The van der Waals surface area contributed by atoms with Gasteiger partial charge in [0.25, 0.3) is 0 Å². The predicted molar refractivity (Wildman–Crippen MR) is 103 cm³/mol. The first-order chi connectivity index (χ1) is 15.4. The van der Waals surface area contributed by atoms with Crippen LogP contribution in [0, 0.1) is 0 Å². The average molecular weight is 467 g/mol. The molecule has 0 saturated carbocycles. The van der Waals surface area contributed by atoms with Crippen molar-refractivity contribution in [1.82, 2.24) is 19.6 Å². The van der Waals surface area contributed by atoms with E-state index < -0.39 is 40.8 Å². The fraction of sp³-hybridized carbons (Fsp3) is 0.100. The number of aromatic nitrogens is 4. The largest absolute Gasteiger partial charge is 0.476 e. The van der Waals surface area contributed by atoms with E-state index in [-0.39, 0.29) is 22.7 Å². The molecule has 0 atom stereocenters. The van der Waals surface area contributed by atoms with Crippen LogP contribution in [0.15, 0.2) is 54.9 Å². The normalized spacial score (nSPS) is 12.2. The van der Waals surface area contributed by atoms with Crippen LogP contribution in [0.3, 0.4) is 0 Å². The third kappa shape index (κ3) is 4.29. The van der Waals surface area contributed by atoms with Gasteiger partial charge in [-0.3, -0.25) is 4.98 Å². The van der Waals surface area contributed by atoms with E-state index in [0.29, 0.717) is 0 Å². The first kappa shape index (κ1) is 22.0. The monoisotopic (exact) mass is 467 g/mol. The molecule has 3 heterocycles. The van der Waals surface area contributed by atoms with Gasteiger partial charge in [0.15, 0.2) is 5.69 Å². The third-order valence-electron chi connectivity index (χ3n) is 4.55. The number of imidazole rings is 1. The average Bonchev–Trinajstić information content (AvgIpc) is 3.11. The summed E-state index contributed by atoms with van der Waals surface area (Å²) in [5.74, 6) is -1.64. The SMILES string of the molecule is O=C(O)c1nc(Nc2ccc(C(F)(F)F)cc2)n2ncc(-c3ncccc3C(F)(F)F)cc12. The first-order valence-electron chi connectivity index (χ1n) is 9.04. The summed E-state index contributed by atoms with van der Waals surface area (Å²) in [6.45, 7) is 0. The molecule has 0 saturated heterocycles. The third-order valence-corrected chi connectivity index (χ3v) is 4.55. The second-order valence-corrected chi connectivity index (χ2v) is 6.73. The Morgan fingerprint density at radius 2 is 1.70 bits per heavy atom. The number of halogens is 6. The minimum absolute atomic E-state index is 0.0982. The molecule has 0 spiro atoms. The zero-order chi connectivity index (χ0) is 24.0. The van der Waals surface area contributed by atoms with Crippen LogP contribution in [-0.2, 0) is 12.4 Å². The molecular weight excluding hydrogens is 456 g/mol. The standard InChI is InChI=1S/C20H11F6N5O2/c21-19(22,23)11-3-5-12(6-4-11)29-18-30-16(17(32)33)14-8-10(9-28-31(14)18)15-13(20(24,25)26)2-1-7-27-15/h1-9H,(H,29,30)(H,32,33). The number of carbonyl (C=O) groups is 1. The van der Waals surface area contributed by atoms with Crippen molar-refractivity contribution in [2.24, 2.45) is 0 Å². The maximum Gasteiger partial charge on any atom is 0.418 e. The number of hydrogen-bond acceptors (Lipinski definition) is 5. The summed E-state index contributed by atoms with van der Waals surface area (Å²) in [6.07, 6.45) is -7.04. The fourth-order valence-corrected chi connectivity index (χ4v) is 3.08. The number of hydrogen-bond donors (Lipinski definition) is 2. The minimum atomic E-state index is -4.71. The van der Waals surface area contributed by atoms with Gasteiger partial charge in [-0.05, 0) is 42.5 Å². The number of pyridine rings is 1. The molecule has 0 aliphatic carbocycles. The first-order valence-corrected chi connectivity index (χ1v) is 9.04. The van der Waals surface area contributed by atoms with Gasteiger partial charge < -0.3 is 10.4 Å². The number of nitrogens with one attached hydrogen (secondary N) is 1. The van der Waals surface area contributed by atoms with Gasteiger partial charge in [0.2, 0.25) is 5.95 Å². The molecule has 0 bridgehead atoms. The summed E-state index contributed by atoms with van der Waals surface area (Å²) >= 11 is 0. The maximum atomic E-state index is 13.4. The number of anilines is 2. The van der Waals surface area contributed by atoms with Gasteiger partial charge in [-0.25, -0.2) is 9.78 Å². The van der Waals surface area contributed by atoms with E-state index in [2.05, 4.69) is 20.4 Å². The molecule has 1 aromatic carbocycles. The molecule has 33 heavy (non-hydrogen) atoms. The van der Waals surface area contributed by atoms with Gasteiger partial charge >= 0.3 is 18.3 Å². The molecule has 0 amide bonds. The van der Waals surface area contributed by atoms with E-state index in [9.17, 15) is 36.2 Å². The molecule has 0 fully saturated rings. The zero-order valence-corrected chi connectivity index (χ0v) is 16.1. The lowest BCUT2D eigenvalue weighted by Crippen LogP contribution is -2.09. The molecule has 2 N–H and O–H groups in total. The highest BCUT2D eigenvalue weighted by molar-refractivity contribution is 5.95. The van der Waals surface area contributed by atoms with Crippen LogP contribution in [0.1, 0.15) is 21.6 Å². The molecule has 0 aliphatic rings. The van der Waals surface area contributed by atoms with Crippen molar-refractivity contribution in [3.8, 4) is 11.3 Å². The second kappa shape index (κ2) is 7.76. The van der Waals surface area contributed by atoms with Gasteiger partial charge in [-0.1, -0.05) is 0 Å². The number of benzene rings is 1. The lowest BCUT2D eigenvalue weighted by Gasteiger charge is -2.12. The van der Waals surface area contributed by atoms with Gasteiger partial charge in [0, 0.05) is 17.4 Å². The number of carboxylic acids is 1. The quantitative estimate of drug-likeness (QED) is 0.398. The van der Waals surface area contributed by atoms with Crippen molar-refractivity contribution in [3.63, 3.8) is 0 Å². The highest BCUT2D eigenvalue weighted by Gasteiger charge is 2.34. The van der Waals surface area contributed by atoms with Gasteiger partial charge in [0.05, 0.1) is 23.0 Å². The predicted octanol–water partition coefficient (Wildman–Crippen LogP) is 5.27. The number of fused-ring (bicyclic) bond motifs is 1. The molecular formula is C20H11F6N5O2. The van der Waals surface area contributed by atoms with E-state index >= 15 is 0 Å². The molecule has 3 aromatic heterocycles. The van der Waals surface area contributed by atoms with Crippen LogP contribution in [0.5, 0.6) is 0 Å². The summed E-state index contributed by atoms with van der Waals surface area (Å²) in [5.41, 5.74) is -2.98. The second-order valence-electron chi connectivity index (χ2n) is 6.73. The number of nitrogens with zero attached hydrogens (tertiary/aromatic N) is 4. The Labute approximate surface area is 180 Å². The minimum Gasteiger partial charge on any atom is -0.476 e. The molecule has 4 rings (SSSR count). The Balaban J connectivity index is 1.78. The van der Waals surface area contributed by atoms with E-state index in [0.717, 1.165) is 59.4 Å². The zero-order valence-electron chi connectivity index (χ0n) is 16.1. The summed E-state index contributed by atoms with van der Waals surface area (Å²) in [6, 6.07) is 6.96. The highest BCUT2D eigenvalue weighted by Crippen LogP contribution is 2.36. The van der Waals surface area contributed by atoms with Crippen molar-refractivity contribution in [2.45, 2.75) is 12.4 Å². The van der Waals surface area contributed by atoms with E-state index in [1.165, 1.54) is 0 Å². The Morgan fingerprint density at radius 1 is 1.00 bits per heavy atom. The molecule has 4 aromatic rings. The van der Waals surface area contributed by atoms with Gasteiger partial charge in [0.1, 0.15) is 5.52 Å². The highest BCUT2D eigenvalue weighted by atomic mass is 19.4. The molecule has 0 unspecified atom stereocenters.